The van der Waals surface area contributed by atoms with Crippen LogP contribution < -0.4 is 0 Å². The van der Waals surface area contributed by atoms with Crippen molar-refractivity contribution in [3.63, 3.8) is 0 Å². The molecule has 0 aromatic rings. The van der Waals surface area contributed by atoms with Gasteiger partial charge in [0.15, 0.2) is 6.10 Å². The lowest BCUT2D eigenvalue weighted by atomic mass is 10.0. The van der Waals surface area contributed by atoms with Gasteiger partial charge in [-0.25, -0.2) is 4.79 Å². The van der Waals surface area contributed by atoms with Crippen molar-refractivity contribution < 1.29 is 42.9 Å². The van der Waals surface area contributed by atoms with Gasteiger partial charge in [-0.05, 0) is 128 Å². The molecule has 0 spiro atoms. The quantitative estimate of drug-likeness (QED) is 0.0211. The molecule has 0 aromatic carbocycles. The number of hydrogen-bond acceptors (Lipinski definition) is 7. The molecule has 0 rings (SSSR count). The molecule has 0 aromatic heterocycles. The summed E-state index contributed by atoms with van der Waals surface area (Å²) in [6, 6.07) is 0. The van der Waals surface area contributed by atoms with Crippen molar-refractivity contribution in [3.8, 4) is 0 Å². The van der Waals surface area contributed by atoms with E-state index in [1.165, 1.54) is 70.6 Å². The molecule has 0 fully saturated rings. The predicted octanol–water partition coefficient (Wildman–Crippen LogP) is 21.5. The largest absolute Gasteiger partial charge is 0.477 e. The topological polar surface area (TPSA) is 108 Å². The van der Waals surface area contributed by atoms with E-state index in [9.17, 15) is 19.5 Å². The third-order valence-electron chi connectivity index (χ3n) is 14.0. The molecule has 2 atom stereocenters. The summed E-state index contributed by atoms with van der Waals surface area (Å²) in [6.07, 6.45) is 97.3. The van der Waals surface area contributed by atoms with Gasteiger partial charge in [-0.3, -0.25) is 9.59 Å². The van der Waals surface area contributed by atoms with Crippen LogP contribution in [0.5, 0.6) is 0 Å². The van der Waals surface area contributed by atoms with E-state index in [0.29, 0.717) is 17.4 Å². The lowest BCUT2D eigenvalue weighted by Crippen LogP contribution is -2.40. The molecule has 0 aliphatic rings. The number of carbonyl (C=O) groups excluding carboxylic acids is 2. The van der Waals surface area contributed by atoms with Crippen LogP contribution in [-0.4, -0.2) is 87.4 Å². The molecule has 0 aliphatic carbocycles. The predicted molar refractivity (Wildman–Crippen MR) is 373 cm³/mol. The lowest BCUT2D eigenvalue weighted by molar-refractivity contribution is -0.870. The highest BCUT2D eigenvalue weighted by Crippen LogP contribution is 2.15. The first kappa shape index (κ1) is 81.7. The molecule has 2 unspecified atom stereocenters. The van der Waals surface area contributed by atoms with Gasteiger partial charge < -0.3 is 28.5 Å². The third-order valence-corrected chi connectivity index (χ3v) is 14.0. The van der Waals surface area contributed by atoms with Crippen molar-refractivity contribution >= 4 is 17.9 Å². The van der Waals surface area contributed by atoms with Crippen LogP contribution in [0.3, 0.4) is 0 Å². The first-order valence-corrected chi connectivity index (χ1v) is 34.3. The molecular weight excluding hydrogens is 1080 g/mol. The van der Waals surface area contributed by atoms with E-state index in [1.807, 2.05) is 21.1 Å². The summed E-state index contributed by atoms with van der Waals surface area (Å²) in [6.45, 7) is 4.62. The Morgan fingerprint density at radius 1 is 0.345 bits per heavy atom. The zero-order valence-electron chi connectivity index (χ0n) is 55.9. The van der Waals surface area contributed by atoms with Gasteiger partial charge in [0, 0.05) is 12.8 Å². The van der Waals surface area contributed by atoms with Gasteiger partial charge in [0.25, 0.3) is 6.29 Å². The minimum Gasteiger partial charge on any atom is -0.477 e. The van der Waals surface area contributed by atoms with Crippen LogP contribution in [0, 0.1) is 0 Å². The van der Waals surface area contributed by atoms with Crippen LogP contribution in [0.1, 0.15) is 245 Å². The molecule has 9 nitrogen and oxygen atoms in total. The zero-order chi connectivity index (χ0) is 63.3. The monoisotopic (exact) mass is 1200 g/mol. The van der Waals surface area contributed by atoms with E-state index in [0.717, 1.165) is 141 Å². The summed E-state index contributed by atoms with van der Waals surface area (Å²) in [5.74, 6) is -2.04. The number of rotatable bonds is 61. The summed E-state index contributed by atoms with van der Waals surface area (Å²) >= 11 is 0. The number of carbonyl (C=O) groups is 3. The summed E-state index contributed by atoms with van der Waals surface area (Å²) in [7, 11) is 5.96. The second-order valence-electron chi connectivity index (χ2n) is 23.4. The summed E-state index contributed by atoms with van der Waals surface area (Å²) in [4.78, 5) is 37.6. The number of esters is 2. The number of carboxylic acid groups (broad SMARTS) is 1. The van der Waals surface area contributed by atoms with Gasteiger partial charge >= 0.3 is 17.9 Å². The maximum absolute atomic E-state index is 12.9. The number of ether oxygens (including phenoxy) is 4. The summed E-state index contributed by atoms with van der Waals surface area (Å²) < 4.78 is 22.9. The maximum Gasteiger partial charge on any atom is 0.361 e. The summed E-state index contributed by atoms with van der Waals surface area (Å²) in [5.41, 5.74) is 0. The number of carboxylic acids is 1. The highest BCUT2D eigenvalue weighted by atomic mass is 16.7. The maximum atomic E-state index is 12.9. The van der Waals surface area contributed by atoms with E-state index in [4.69, 9.17) is 18.9 Å². The lowest BCUT2D eigenvalue weighted by Gasteiger charge is -2.25. The Hall–Kier alpha value is -5.35. The van der Waals surface area contributed by atoms with Gasteiger partial charge in [0.05, 0.1) is 34.4 Å². The van der Waals surface area contributed by atoms with Crippen LogP contribution in [0.4, 0.5) is 0 Å². The second kappa shape index (κ2) is 66.6. The number of likely N-dealkylation sites (N-methyl/N-ethyl adjacent to an activating group) is 1. The molecule has 0 saturated heterocycles. The van der Waals surface area contributed by atoms with Crippen molar-refractivity contribution in [2.75, 3.05) is 47.5 Å². The van der Waals surface area contributed by atoms with Gasteiger partial charge in [-0.2, -0.15) is 0 Å². The van der Waals surface area contributed by atoms with Gasteiger partial charge in [0.1, 0.15) is 13.2 Å². The highest BCUT2D eigenvalue weighted by molar-refractivity contribution is 5.71. The van der Waals surface area contributed by atoms with E-state index < -0.39 is 24.3 Å². The molecule has 9 heteroatoms. The molecule has 490 valence electrons. The Labute approximate surface area is 533 Å². The molecule has 0 bridgehead atoms. The van der Waals surface area contributed by atoms with Crippen molar-refractivity contribution in [2.45, 2.75) is 257 Å². The Morgan fingerprint density at radius 2 is 0.621 bits per heavy atom. The van der Waals surface area contributed by atoms with Crippen molar-refractivity contribution in [1.29, 1.82) is 0 Å². The Balaban J connectivity index is 4.24. The number of unbranched alkanes of at least 4 members (excludes halogenated alkanes) is 18. The average Bonchev–Trinajstić information content (AvgIpc) is 3.56. The number of allylic oxidation sites excluding steroid dienone is 28. The fourth-order valence-corrected chi connectivity index (χ4v) is 8.80. The van der Waals surface area contributed by atoms with E-state index in [2.05, 4.69) is 184 Å². The van der Waals surface area contributed by atoms with Crippen LogP contribution in [-0.2, 0) is 33.3 Å². The van der Waals surface area contributed by atoms with Crippen molar-refractivity contribution in [2.24, 2.45) is 0 Å². The van der Waals surface area contributed by atoms with E-state index in [-0.39, 0.29) is 38.6 Å². The van der Waals surface area contributed by atoms with Gasteiger partial charge in [0.2, 0.25) is 0 Å². The number of nitrogens with zero attached hydrogens (tertiary/aromatic N) is 1. The van der Waals surface area contributed by atoms with Crippen LogP contribution >= 0.6 is 0 Å². The molecule has 0 amide bonds. The first-order chi connectivity index (χ1) is 42.6. The Kier molecular flexibility index (Phi) is 62.5. The fourth-order valence-electron chi connectivity index (χ4n) is 8.80. The number of hydrogen-bond donors (Lipinski definition) is 1. The Morgan fingerprint density at radius 3 is 0.920 bits per heavy atom. The normalized spacial score (nSPS) is 13.8. The molecule has 0 saturated carbocycles. The average molecular weight is 1210 g/mol. The molecule has 1 N–H and O–H groups in total. The number of aliphatic carboxylic acids is 1. The smallest absolute Gasteiger partial charge is 0.361 e. The summed E-state index contributed by atoms with van der Waals surface area (Å²) in [5, 5.41) is 9.75. The second-order valence-corrected chi connectivity index (χ2v) is 23.4. The molecule has 0 heterocycles. The highest BCUT2D eigenvalue weighted by Gasteiger charge is 2.25. The van der Waals surface area contributed by atoms with Crippen LogP contribution in [0.15, 0.2) is 170 Å². The standard InChI is InChI=1S/C78H125NO8/c1-6-8-10-12-14-16-18-20-22-24-26-28-30-32-34-35-36-37-38-39-40-41-43-45-47-49-51-53-55-57-59-61-63-65-67-69-76(81)87-74(73-86-78(77(82)83)84-71-70-79(3,4)5)72-85-75(80)68-66-64-62-60-58-56-54-52-50-48-46-44-42-33-31-29-27-25-23-21-19-17-15-13-11-9-7-2/h8-11,14-17,20-23,26-29,32-34,36-37,39-40,42-43,45,49,51,74,78H,6-7,12-13,18-19,24-25,30-31,35,38,41,44,46-48,50,52-73H2,1-5H3/p+1/b10-8-,11-9-,16-14-,17-15-,22-20-,23-21-,28-26-,29-27-,34-32-,37-36-,40-39-,42-33-,45-43-,51-49-. The molecule has 0 aliphatic heterocycles. The van der Waals surface area contributed by atoms with Crippen molar-refractivity contribution in [3.05, 3.63) is 170 Å². The minimum absolute atomic E-state index is 0.176. The van der Waals surface area contributed by atoms with Crippen LogP contribution in [0.2, 0.25) is 0 Å². The van der Waals surface area contributed by atoms with Gasteiger partial charge in [-0.1, -0.05) is 274 Å². The van der Waals surface area contributed by atoms with Crippen molar-refractivity contribution in [1.82, 2.24) is 0 Å². The minimum atomic E-state index is -1.53. The van der Waals surface area contributed by atoms with E-state index >= 15 is 0 Å². The van der Waals surface area contributed by atoms with Crippen LogP contribution in [0.25, 0.3) is 0 Å². The Bertz CT molecular complexity index is 2030. The SMILES string of the molecule is CC/C=C\C/C=C\C/C=C\C/C=C\C/C=C\C/C=C\C/C=C\C/C=C\C/C=C\CCCCCCCCCC(=O)OC(COC(=O)CCCCCCCCCCCCC/C=C\C/C=C\C/C=C\C/C=C\C/C=C\CC)COC(OCC[N+](C)(C)C)C(=O)O. The molecule has 87 heavy (non-hydrogen) atoms. The van der Waals surface area contributed by atoms with E-state index in [1.54, 1.807) is 0 Å². The van der Waals surface area contributed by atoms with Gasteiger partial charge in [-0.15, -0.1) is 0 Å². The number of quaternary nitrogens is 1. The molecular formula is C78H126NO8+. The zero-order valence-corrected chi connectivity index (χ0v) is 55.9. The molecule has 0 radical (unpaired) electrons. The first-order valence-electron chi connectivity index (χ1n) is 34.3. The third kappa shape index (κ3) is 68.0. The fraction of sp³-hybridized carbons (Fsp3) is 0.603.